The fourth-order valence-electron chi connectivity index (χ4n) is 1.73. The Balaban J connectivity index is 2.51. The molecule has 0 fully saturated rings. The van der Waals surface area contributed by atoms with Crippen LogP contribution in [0, 0.1) is 15.0 Å². The highest BCUT2D eigenvalue weighted by Gasteiger charge is 2.10. The second-order valence-electron chi connectivity index (χ2n) is 3.79. The molecule has 1 aromatic carbocycles. The molecular formula is C12H10N4O3S. The molecule has 0 aliphatic rings. The summed E-state index contributed by atoms with van der Waals surface area (Å²) in [5.41, 5.74) is 1.62. The van der Waals surface area contributed by atoms with E-state index in [0.717, 1.165) is 11.3 Å². The smallest absolute Gasteiger partial charge is 0.269 e. The lowest BCUT2D eigenvalue weighted by Gasteiger charge is -2.05. The van der Waals surface area contributed by atoms with Crippen molar-refractivity contribution in [3.05, 3.63) is 62.1 Å². The van der Waals surface area contributed by atoms with E-state index < -0.39 is 4.92 Å². The highest BCUT2D eigenvalue weighted by molar-refractivity contribution is 7.07. The minimum atomic E-state index is -0.452. The molecule has 1 aromatic heterocycles. The zero-order valence-electron chi connectivity index (χ0n) is 10.3. The van der Waals surface area contributed by atoms with Gasteiger partial charge >= 0.3 is 0 Å². The number of hydrogen-bond donors (Lipinski definition) is 0. The van der Waals surface area contributed by atoms with E-state index in [1.165, 1.54) is 23.5 Å². The highest BCUT2D eigenvalue weighted by Crippen LogP contribution is 2.23. The number of aromatic nitrogens is 1. The van der Waals surface area contributed by atoms with Crippen molar-refractivity contribution < 1.29 is 4.92 Å². The average Bonchev–Trinajstić information content (AvgIpc) is 2.83. The predicted octanol–water partition coefficient (Wildman–Crippen LogP) is 2.89. The van der Waals surface area contributed by atoms with Crippen molar-refractivity contribution in [1.29, 1.82) is 0 Å². The van der Waals surface area contributed by atoms with E-state index in [0.29, 0.717) is 11.3 Å². The van der Waals surface area contributed by atoms with Crippen LogP contribution in [0.25, 0.3) is 11.3 Å². The first-order valence-corrected chi connectivity index (χ1v) is 6.45. The molecule has 102 valence electrons. The summed E-state index contributed by atoms with van der Waals surface area (Å²) in [6.45, 7) is 4.12. The van der Waals surface area contributed by atoms with E-state index in [2.05, 4.69) is 17.0 Å². The fraction of sp³-hybridized carbons (Fsp3) is 0.0833. The number of non-ortho nitro benzene ring substituents is 1. The van der Waals surface area contributed by atoms with Crippen molar-refractivity contribution in [2.24, 2.45) is 10.4 Å². The van der Waals surface area contributed by atoms with Crippen molar-refractivity contribution >= 4 is 17.0 Å². The quantitative estimate of drug-likeness (QED) is 0.367. The molecule has 0 spiro atoms. The van der Waals surface area contributed by atoms with E-state index >= 15 is 0 Å². The minimum Gasteiger partial charge on any atom is -0.311 e. The number of allylic oxidation sites excluding steroid dienone is 1. The highest BCUT2D eigenvalue weighted by atomic mass is 32.1. The second kappa shape index (κ2) is 6.02. The van der Waals surface area contributed by atoms with Gasteiger partial charge in [-0.1, -0.05) is 11.2 Å². The Kier molecular flexibility index (Phi) is 4.16. The fourth-order valence-corrected chi connectivity index (χ4v) is 2.60. The maximum absolute atomic E-state index is 10.6. The third-order valence-corrected chi connectivity index (χ3v) is 3.46. The molecule has 0 unspecified atom stereocenters. The van der Waals surface area contributed by atoms with Gasteiger partial charge in [0.25, 0.3) is 5.69 Å². The molecule has 20 heavy (non-hydrogen) atoms. The molecule has 0 aliphatic heterocycles. The van der Waals surface area contributed by atoms with Gasteiger partial charge in [-0.3, -0.25) is 10.1 Å². The SMILES string of the molecule is C=CCn1c(-c2ccc([N+](=O)[O-])cc2)cs/c1=N\N=O. The topological polar surface area (TPSA) is 89.9 Å². The van der Waals surface area contributed by atoms with E-state index in [1.54, 1.807) is 22.8 Å². The molecule has 0 N–H and O–H groups in total. The van der Waals surface area contributed by atoms with Crippen LogP contribution in [-0.2, 0) is 6.54 Å². The van der Waals surface area contributed by atoms with Crippen LogP contribution in [0.5, 0.6) is 0 Å². The Morgan fingerprint density at radius 2 is 2.10 bits per heavy atom. The maximum atomic E-state index is 10.6. The van der Waals surface area contributed by atoms with Crippen LogP contribution in [0.15, 0.2) is 52.7 Å². The van der Waals surface area contributed by atoms with Gasteiger partial charge in [0, 0.05) is 24.1 Å². The van der Waals surface area contributed by atoms with Crippen molar-refractivity contribution in [3.8, 4) is 11.3 Å². The Morgan fingerprint density at radius 3 is 2.65 bits per heavy atom. The monoisotopic (exact) mass is 290 g/mol. The van der Waals surface area contributed by atoms with E-state index in [4.69, 9.17) is 0 Å². The van der Waals surface area contributed by atoms with Gasteiger partial charge in [-0.05, 0) is 17.7 Å². The van der Waals surface area contributed by atoms with Crippen molar-refractivity contribution in [2.75, 3.05) is 0 Å². The molecule has 0 bridgehead atoms. The lowest BCUT2D eigenvalue weighted by Crippen LogP contribution is -2.14. The van der Waals surface area contributed by atoms with Gasteiger partial charge in [-0.25, -0.2) is 0 Å². The van der Waals surface area contributed by atoms with Gasteiger partial charge in [0.1, 0.15) is 0 Å². The Labute approximate surface area is 117 Å². The van der Waals surface area contributed by atoms with E-state index in [1.807, 2.05) is 5.38 Å². The van der Waals surface area contributed by atoms with Gasteiger partial charge in [0.2, 0.25) is 4.80 Å². The molecule has 0 radical (unpaired) electrons. The average molecular weight is 290 g/mol. The molecule has 0 amide bonds. The first-order valence-electron chi connectivity index (χ1n) is 5.57. The summed E-state index contributed by atoms with van der Waals surface area (Å²) in [7, 11) is 0. The third-order valence-electron chi connectivity index (χ3n) is 2.61. The summed E-state index contributed by atoms with van der Waals surface area (Å²) in [4.78, 5) is 20.9. The normalized spacial score (nSPS) is 11.3. The molecule has 1 heterocycles. The van der Waals surface area contributed by atoms with Crippen LogP contribution in [-0.4, -0.2) is 9.49 Å². The van der Waals surface area contributed by atoms with Crippen LogP contribution < -0.4 is 4.80 Å². The second-order valence-corrected chi connectivity index (χ2v) is 4.62. The third kappa shape index (κ3) is 2.69. The van der Waals surface area contributed by atoms with Gasteiger partial charge in [0.15, 0.2) is 0 Å². The van der Waals surface area contributed by atoms with Crippen molar-refractivity contribution in [3.63, 3.8) is 0 Å². The number of nitrogens with zero attached hydrogens (tertiary/aromatic N) is 4. The van der Waals surface area contributed by atoms with Crippen molar-refractivity contribution in [2.45, 2.75) is 6.54 Å². The van der Waals surface area contributed by atoms with Crippen LogP contribution in [0.1, 0.15) is 0 Å². The molecule has 8 heteroatoms. The Hall–Kier alpha value is -2.61. The van der Waals surface area contributed by atoms with Gasteiger partial charge < -0.3 is 4.57 Å². The number of thiazole rings is 1. The molecule has 2 aromatic rings. The molecule has 7 nitrogen and oxygen atoms in total. The summed E-state index contributed by atoms with van der Waals surface area (Å²) in [6.07, 6.45) is 1.67. The maximum Gasteiger partial charge on any atom is 0.269 e. The number of benzene rings is 1. The lowest BCUT2D eigenvalue weighted by atomic mass is 10.1. The first-order chi connectivity index (χ1) is 9.67. The summed E-state index contributed by atoms with van der Waals surface area (Å²) in [6, 6.07) is 6.16. The zero-order chi connectivity index (χ0) is 14.5. The standard InChI is InChI=1S/C12H10N4O3S/c1-2-7-15-11(8-20-12(15)13-14-17)9-3-5-10(6-4-9)16(18)19/h2-6,8H,1,7H2/b13-12-. The van der Waals surface area contributed by atoms with E-state index in [9.17, 15) is 15.0 Å². The molecule has 0 atom stereocenters. The molecule has 0 saturated carbocycles. The lowest BCUT2D eigenvalue weighted by molar-refractivity contribution is -0.384. The number of nitro groups is 1. The van der Waals surface area contributed by atoms with Crippen LogP contribution in [0.3, 0.4) is 0 Å². The first kappa shape index (κ1) is 13.8. The summed E-state index contributed by atoms with van der Waals surface area (Å²) in [5, 5.41) is 18.5. The van der Waals surface area contributed by atoms with Crippen LogP contribution in [0.2, 0.25) is 0 Å². The summed E-state index contributed by atoms with van der Waals surface area (Å²) < 4.78 is 1.76. The molecule has 0 saturated heterocycles. The molecule has 0 aliphatic carbocycles. The molecule has 2 rings (SSSR count). The Morgan fingerprint density at radius 1 is 1.40 bits per heavy atom. The number of rotatable bonds is 5. The van der Waals surface area contributed by atoms with Gasteiger partial charge in [-0.2, -0.15) is 0 Å². The van der Waals surface area contributed by atoms with E-state index in [-0.39, 0.29) is 5.69 Å². The Bertz CT molecular complexity index is 715. The molecular weight excluding hydrogens is 280 g/mol. The summed E-state index contributed by atoms with van der Waals surface area (Å²) >= 11 is 1.27. The van der Waals surface area contributed by atoms with Gasteiger partial charge in [0.05, 0.1) is 15.9 Å². The zero-order valence-corrected chi connectivity index (χ0v) is 11.1. The van der Waals surface area contributed by atoms with Crippen LogP contribution >= 0.6 is 11.3 Å². The van der Waals surface area contributed by atoms with Crippen molar-refractivity contribution in [1.82, 2.24) is 4.57 Å². The summed E-state index contributed by atoms with van der Waals surface area (Å²) in [5.74, 6) is 0. The van der Waals surface area contributed by atoms with Crippen LogP contribution in [0.4, 0.5) is 5.69 Å². The number of hydrogen-bond acceptors (Lipinski definition) is 5. The number of nitroso groups, excluding NO2 is 1. The largest absolute Gasteiger partial charge is 0.311 e. The van der Waals surface area contributed by atoms with Gasteiger partial charge in [-0.15, -0.1) is 22.8 Å². The number of nitro benzene ring substituents is 1. The minimum absolute atomic E-state index is 0.0266. The predicted molar refractivity (Wildman–Crippen MR) is 76.0 cm³/mol.